The van der Waals surface area contributed by atoms with E-state index in [1.807, 2.05) is 41.5 Å². The molecule has 1 atom stereocenters. The normalized spacial score (nSPS) is 16.6. The highest BCUT2D eigenvalue weighted by Crippen LogP contribution is 2.29. The van der Waals surface area contributed by atoms with Crippen molar-refractivity contribution >= 4 is 10.0 Å². The first-order valence-corrected chi connectivity index (χ1v) is 8.97. The van der Waals surface area contributed by atoms with E-state index in [9.17, 15) is 8.42 Å². The van der Waals surface area contributed by atoms with Crippen LogP contribution in [0.1, 0.15) is 62.3 Å². The average Bonchev–Trinajstić information content (AvgIpc) is 2.08. The van der Waals surface area contributed by atoms with Crippen LogP contribution in [-0.2, 0) is 14.8 Å². The fourth-order valence-electron chi connectivity index (χ4n) is 1.89. The van der Waals surface area contributed by atoms with Gasteiger partial charge in [-0.1, -0.05) is 20.8 Å². The highest BCUT2D eigenvalue weighted by atomic mass is 32.2. The minimum Gasteiger partial charge on any atom is -0.371 e. The lowest BCUT2D eigenvalue weighted by molar-refractivity contribution is -0.114. The van der Waals surface area contributed by atoms with Gasteiger partial charge in [-0.25, -0.2) is 8.42 Å². The van der Waals surface area contributed by atoms with Crippen LogP contribution in [0.15, 0.2) is 0 Å². The van der Waals surface area contributed by atoms with E-state index in [0.29, 0.717) is 6.54 Å². The lowest BCUT2D eigenvalue weighted by Gasteiger charge is -2.42. The van der Waals surface area contributed by atoms with Gasteiger partial charge in [-0.3, -0.25) is 0 Å². The summed E-state index contributed by atoms with van der Waals surface area (Å²) in [6, 6.07) is 0. The Morgan fingerprint density at radius 3 is 1.65 bits per heavy atom. The molecule has 4 nitrogen and oxygen atoms in total. The second-order valence-electron chi connectivity index (χ2n) is 8.33. The van der Waals surface area contributed by atoms with E-state index in [0.717, 1.165) is 0 Å². The molecule has 0 unspecified atom stereocenters. The molecule has 0 fully saturated rings. The summed E-state index contributed by atoms with van der Waals surface area (Å²) in [5, 5.41) is 0. The molecule has 0 aliphatic carbocycles. The van der Waals surface area contributed by atoms with E-state index >= 15 is 0 Å². The standard InChI is InChI=1S/C15H33NO3S/c1-12(13(2,3)4)19-15(8,9)11-16(14(5,6)7)20(10,17)18/h12H,11H2,1-10H3/t12-/m0/s1. The first kappa shape index (κ1) is 19.9. The number of sulfonamides is 1. The Balaban J connectivity index is 5.15. The Morgan fingerprint density at radius 2 is 1.40 bits per heavy atom. The number of rotatable bonds is 5. The summed E-state index contributed by atoms with van der Waals surface area (Å²) in [5.74, 6) is 0. The maximum Gasteiger partial charge on any atom is 0.211 e. The van der Waals surface area contributed by atoms with Crippen molar-refractivity contribution in [3.8, 4) is 0 Å². The van der Waals surface area contributed by atoms with Gasteiger partial charge in [-0.15, -0.1) is 0 Å². The van der Waals surface area contributed by atoms with Gasteiger partial charge < -0.3 is 4.74 Å². The summed E-state index contributed by atoms with van der Waals surface area (Å²) in [5.41, 5.74) is -0.975. The molecule has 5 heteroatoms. The molecule has 0 bridgehead atoms. The van der Waals surface area contributed by atoms with E-state index < -0.39 is 21.2 Å². The van der Waals surface area contributed by atoms with Crippen molar-refractivity contribution in [1.29, 1.82) is 0 Å². The predicted octanol–water partition coefficient (Wildman–Crippen LogP) is 3.28. The minimum atomic E-state index is -3.27. The van der Waals surface area contributed by atoms with Crippen molar-refractivity contribution in [2.24, 2.45) is 5.41 Å². The highest BCUT2D eigenvalue weighted by Gasteiger charge is 2.37. The first-order valence-electron chi connectivity index (χ1n) is 7.12. The Kier molecular flexibility index (Phi) is 5.89. The van der Waals surface area contributed by atoms with Crippen LogP contribution in [0.3, 0.4) is 0 Å². The molecule has 0 aliphatic heterocycles. The molecule has 0 heterocycles. The molecule has 0 aromatic rings. The predicted molar refractivity (Wildman–Crippen MR) is 85.4 cm³/mol. The van der Waals surface area contributed by atoms with E-state index in [4.69, 9.17) is 4.74 Å². The van der Waals surface area contributed by atoms with Crippen molar-refractivity contribution in [1.82, 2.24) is 4.31 Å². The molecule has 122 valence electrons. The SMILES string of the molecule is C[C@H](OC(C)(C)CN(C(C)(C)C)S(C)(=O)=O)C(C)(C)C. The Labute approximate surface area is 125 Å². The summed E-state index contributed by atoms with van der Waals surface area (Å²) in [6.07, 6.45) is 1.29. The smallest absolute Gasteiger partial charge is 0.211 e. The third kappa shape index (κ3) is 6.55. The number of nitrogens with zero attached hydrogens (tertiary/aromatic N) is 1. The molecular weight excluding hydrogens is 274 g/mol. The van der Waals surface area contributed by atoms with Gasteiger partial charge in [-0.05, 0) is 47.0 Å². The molecule has 0 radical (unpaired) electrons. The van der Waals surface area contributed by atoms with E-state index in [2.05, 4.69) is 20.8 Å². The topological polar surface area (TPSA) is 46.6 Å². The van der Waals surface area contributed by atoms with Gasteiger partial charge >= 0.3 is 0 Å². The molecule has 0 aromatic heterocycles. The van der Waals surface area contributed by atoms with Gasteiger partial charge in [0.05, 0.1) is 18.0 Å². The van der Waals surface area contributed by atoms with Gasteiger partial charge in [0.1, 0.15) is 0 Å². The van der Waals surface area contributed by atoms with Crippen molar-refractivity contribution in [2.45, 2.75) is 79.6 Å². The van der Waals surface area contributed by atoms with Gasteiger partial charge in [0.25, 0.3) is 0 Å². The van der Waals surface area contributed by atoms with Crippen LogP contribution in [0.2, 0.25) is 0 Å². The lowest BCUT2D eigenvalue weighted by Crippen LogP contribution is -2.53. The number of hydrogen-bond acceptors (Lipinski definition) is 3. The van der Waals surface area contributed by atoms with Crippen molar-refractivity contribution in [3.05, 3.63) is 0 Å². The van der Waals surface area contributed by atoms with E-state index in [1.165, 1.54) is 10.6 Å². The van der Waals surface area contributed by atoms with Crippen LogP contribution in [0, 0.1) is 5.41 Å². The van der Waals surface area contributed by atoms with Gasteiger partial charge in [-0.2, -0.15) is 4.31 Å². The van der Waals surface area contributed by atoms with Crippen molar-refractivity contribution in [2.75, 3.05) is 12.8 Å². The fraction of sp³-hybridized carbons (Fsp3) is 1.00. The zero-order valence-corrected chi connectivity index (χ0v) is 15.7. The number of hydrogen-bond donors (Lipinski definition) is 0. The minimum absolute atomic E-state index is 0.0227. The van der Waals surface area contributed by atoms with Crippen LogP contribution in [-0.4, -0.2) is 42.8 Å². The van der Waals surface area contributed by atoms with Crippen LogP contribution >= 0.6 is 0 Å². The monoisotopic (exact) mass is 307 g/mol. The Hall–Kier alpha value is -0.130. The van der Waals surface area contributed by atoms with Crippen LogP contribution in [0.4, 0.5) is 0 Å². The molecular formula is C15H33NO3S. The Morgan fingerprint density at radius 1 is 1.00 bits per heavy atom. The maximum absolute atomic E-state index is 12.0. The largest absolute Gasteiger partial charge is 0.371 e. The third-order valence-corrected chi connectivity index (χ3v) is 4.87. The summed E-state index contributed by atoms with van der Waals surface area (Å²) < 4.78 is 31.6. The summed E-state index contributed by atoms with van der Waals surface area (Å²) in [6.45, 7) is 18.3. The van der Waals surface area contributed by atoms with Crippen molar-refractivity contribution in [3.63, 3.8) is 0 Å². The Bertz CT molecular complexity index is 413. The number of ether oxygens (including phenoxy) is 1. The molecule has 0 saturated carbocycles. The third-order valence-electron chi connectivity index (χ3n) is 3.39. The quantitative estimate of drug-likeness (QED) is 0.783. The van der Waals surface area contributed by atoms with Gasteiger partial charge in [0.15, 0.2) is 0 Å². The van der Waals surface area contributed by atoms with Crippen molar-refractivity contribution < 1.29 is 13.2 Å². The zero-order chi connectivity index (χ0) is 16.6. The highest BCUT2D eigenvalue weighted by molar-refractivity contribution is 7.88. The lowest BCUT2D eigenvalue weighted by atomic mass is 9.89. The fourth-order valence-corrected chi connectivity index (χ4v) is 3.43. The molecule has 0 saturated heterocycles. The van der Waals surface area contributed by atoms with Gasteiger partial charge in [0.2, 0.25) is 10.0 Å². The van der Waals surface area contributed by atoms with E-state index in [1.54, 1.807) is 0 Å². The summed E-state index contributed by atoms with van der Waals surface area (Å²) in [4.78, 5) is 0. The molecule has 0 aliphatic rings. The first-order chi connectivity index (χ1) is 8.47. The van der Waals surface area contributed by atoms with Crippen LogP contribution in [0.25, 0.3) is 0 Å². The van der Waals surface area contributed by atoms with Gasteiger partial charge in [0, 0.05) is 12.1 Å². The molecule has 20 heavy (non-hydrogen) atoms. The maximum atomic E-state index is 12.0. The average molecular weight is 308 g/mol. The van der Waals surface area contributed by atoms with Crippen LogP contribution < -0.4 is 0 Å². The second kappa shape index (κ2) is 5.93. The second-order valence-corrected chi connectivity index (χ2v) is 10.2. The molecule has 0 amide bonds. The molecule has 0 N–H and O–H groups in total. The zero-order valence-electron chi connectivity index (χ0n) is 14.9. The summed E-state index contributed by atoms with van der Waals surface area (Å²) in [7, 11) is -3.27. The summed E-state index contributed by atoms with van der Waals surface area (Å²) >= 11 is 0. The molecule has 0 aromatic carbocycles. The van der Waals surface area contributed by atoms with Crippen LogP contribution in [0.5, 0.6) is 0 Å². The van der Waals surface area contributed by atoms with E-state index in [-0.39, 0.29) is 11.5 Å². The molecule has 0 spiro atoms. The molecule has 0 rings (SSSR count).